The standard InChI is InChI=1S/C21H19N3OS2/c1-15(18-9-5-11-26-18)22-21(25)17-14-24(13-16-7-3-2-4-8-16)23-20(17)19-10-6-12-27-19/h2-12,14-15H,13H2,1H3,(H,22,25). The van der Waals surface area contributed by atoms with Gasteiger partial charge in [-0.25, -0.2) is 0 Å². The fourth-order valence-electron chi connectivity index (χ4n) is 2.92. The van der Waals surface area contributed by atoms with Gasteiger partial charge < -0.3 is 5.32 Å². The minimum absolute atomic E-state index is 0.0360. The molecule has 6 heteroatoms. The molecular formula is C21H19N3OS2. The van der Waals surface area contributed by atoms with Gasteiger partial charge in [0.2, 0.25) is 0 Å². The van der Waals surface area contributed by atoms with E-state index in [0.29, 0.717) is 12.1 Å². The third-order valence-corrected chi connectivity index (χ3v) is 6.20. The second kappa shape index (κ2) is 7.90. The van der Waals surface area contributed by atoms with Gasteiger partial charge in [0.15, 0.2) is 0 Å². The van der Waals surface area contributed by atoms with Crippen molar-refractivity contribution < 1.29 is 4.79 Å². The first-order valence-electron chi connectivity index (χ1n) is 8.70. The summed E-state index contributed by atoms with van der Waals surface area (Å²) in [6, 6.07) is 18.1. The zero-order valence-electron chi connectivity index (χ0n) is 14.8. The van der Waals surface area contributed by atoms with E-state index < -0.39 is 0 Å². The summed E-state index contributed by atoms with van der Waals surface area (Å²) >= 11 is 3.23. The molecule has 1 unspecified atom stereocenters. The summed E-state index contributed by atoms with van der Waals surface area (Å²) in [5.41, 5.74) is 2.49. The van der Waals surface area contributed by atoms with Crippen LogP contribution in [0.3, 0.4) is 0 Å². The number of hydrogen-bond donors (Lipinski definition) is 1. The van der Waals surface area contributed by atoms with Gasteiger partial charge in [-0.05, 0) is 35.4 Å². The SMILES string of the molecule is CC(NC(=O)c1cn(Cc2ccccc2)nc1-c1cccs1)c1cccs1. The Kier molecular flexibility index (Phi) is 5.18. The predicted octanol–water partition coefficient (Wildman–Crippen LogP) is 5.21. The number of amides is 1. The van der Waals surface area contributed by atoms with E-state index in [1.54, 1.807) is 22.7 Å². The van der Waals surface area contributed by atoms with Crippen molar-refractivity contribution in [3.63, 3.8) is 0 Å². The highest BCUT2D eigenvalue weighted by Gasteiger charge is 2.21. The lowest BCUT2D eigenvalue weighted by molar-refractivity contribution is 0.0941. The molecular weight excluding hydrogens is 374 g/mol. The second-order valence-corrected chi connectivity index (χ2v) is 8.19. The van der Waals surface area contributed by atoms with E-state index >= 15 is 0 Å². The molecule has 0 spiro atoms. The van der Waals surface area contributed by atoms with Gasteiger partial charge in [0.05, 0.1) is 23.0 Å². The molecule has 0 radical (unpaired) electrons. The molecule has 0 aliphatic carbocycles. The fourth-order valence-corrected chi connectivity index (χ4v) is 4.38. The highest BCUT2D eigenvalue weighted by atomic mass is 32.1. The molecule has 4 aromatic rings. The molecule has 4 rings (SSSR count). The highest BCUT2D eigenvalue weighted by molar-refractivity contribution is 7.13. The van der Waals surface area contributed by atoms with Gasteiger partial charge >= 0.3 is 0 Å². The van der Waals surface area contributed by atoms with E-state index in [0.717, 1.165) is 21.0 Å². The number of aromatic nitrogens is 2. The largest absolute Gasteiger partial charge is 0.345 e. The lowest BCUT2D eigenvalue weighted by atomic mass is 10.2. The van der Waals surface area contributed by atoms with Crippen molar-refractivity contribution in [2.24, 2.45) is 0 Å². The molecule has 1 N–H and O–H groups in total. The Hall–Kier alpha value is -2.70. The van der Waals surface area contributed by atoms with Crippen LogP contribution in [0, 0.1) is 0 Å². The van der Waals surface area contributed by atoms with Crippen LogP contribution in [0.2, 0.25) is 0 Å². The molecule has 0 saturated carbocycles. The van der Waals surface area contributed by atoms with Gasteiger partial charge in [-0.15, -0.1) is 22.7 Å². The molecule has 1 amide bonds. The molecule has 0 fully saturated rings. The average Bonchev–Trinajstić information content (AvgIpc) is 3.43. The summed E-state index contributed by atoms with van der Waals surface area (Å²) in [6.45, 7) is 2.63. The van der Waals surface area contributed by atoms with Gasteiger partial charge in [-0.1, -0.05) is 42.5 Å². The second-order valence-electron chi connectivity index (χ2n) is 6.26. The van der Waals surface area contributed by atoms with Crippen molar-refractivity contribution in [2.45, 2.75) is 19.5 Å². The maximum atomic E-state index is 13.0. The van der Waals surface area contributed by atoms with E-state index in [-0.39, 0.29) is 11.9 Å². The summed E-state index contributed by atoms with van der Waals surface area (Å²) in [7, 11) is 0. The minimum Gasteiger partial charge on any atom is -0.345 e. The number of hydrogen-bond acceptors (Lipinski definition) is 4. The van der Waals surface area contributed by atoms with Crippen molar-refractivity contribution >= 4 is 28.6 Å². The van der Waals surface area contributed by atoms with E-state index in [1.807, 2.05) is 71.0 Å². The third-order valence-electron chi connectivity index (χ3n) is 4.27. The maximum Gasteiger partial charge on any atom is 0.255 e. The van der Waals surface area contributed by atoms with Crippen LogP contribution < -0.4 is 5.32 Å². The molecule has 0 aliphatic heterocycles. The number of carbonyl (C=O) groups is 1. The first-order chi connectivity index (χ1) is 13.2. The predicted molar refractivity (Wildman–Crippen MR) is 111 cm³/mol. The Morgan fingerprint density at radius 3 is 2.56 bits per heavy atom. The normalized spacial score (nSPS) is 12.0. The van der Waals surface area contributed by atoms with Crippen LogP contribution in [-0.4, -0.2) is 15.7 Å². The lowest BCUT2D eigenvalue weighted by Gasteiger charge is -2.11. The molecule has 4 nitrogen and oxygen atoms in total. The molecule has 3 aromatic heterocycles. The van der Waals surface area contributed by atoms with Crippen LogP contribution in [0.1, 0.15) is 33.8 Å². The highest BCUT2D eigenvalue weighted by Crippen LogP contribution is 2.28. The minimum atomic E-state index is -0.0985. The molecule has 1 atom stereocenters. The quantitative estimate of drug-likeness (QED) is 0.489. The van der Waals surface area contributed by atoms with Crippen molar-refractivity contribution in [3.8, 4) is 10.6 Å². The smallest absolute Gasteiger partial charge is 0.255 e. The summed E-state index contributed by atoms with van der Waals surface area (Å²) in [5, 5.41) is 11.8. The number of nitrogens with one attached hydrogen (secondary N) is 1. The first kappa shape index (κ1) is 17.7. The maximum absolute atomic E-state index is 13.0. The van der Waals surface area contributed by atoms with E-state index in [9.17, 15) is 4.79 Å². The van der Waals surface area contributed by atoms with Crippen LogP contribution in [0.25, 0.3) is 10.6 Å². The van der Waals surface area contributed by atoms with Gasteiger partial charge in [0.25, 0.3) is 5.91 Å². The van der Waals surface area contributed by atoms with E-state index in [2.05, 4.69) is 17.4 Å². The van der Waals surface area contributed by atoms with Crippen molar-refractivity contribution in [1.82, 2.24) is 15.1 Å². The molecule has 0 bridgehead atoms. The number of rotatable bonds is 6. The summed E-state index contributed by atoms with van der Waals surface area (Å²) < 4.78 is 1.84. The molecule has 0 saturated heterocycles. The summed E-state index contributed by atoms with van der Waals surface area (Å²) in [5.74, 6) is -0.0985. The van der Waals surface area contributed by atoms with Crippen LogP contribution in [0.4, 0.5) is 0 Å². The van der Waals surface area contributed by atoms with Crippen LogP contribution in [-0.2, 0) is 6.54 Å². The zero-order chi connectivity index (χ0) is 18.6. The van der Waals surface area contributed by atoms with Crippen LogP contribution >= 0.6 is 22.7 Å². The first-order valence-corrected chi connectivity index (χ1v) is 10.5. The Morgan fingerprint density at radius 2 is 1.85 bits per heavy atom. The van der Waals surface area contributed by atoms with Crippen molar-refractivity contribution in [3.05, 3.63) is 87.6 Å². The van der Waals surface area contributed by atoms with Crippen LogP contribution in [0.15, 0.2) is 71.6 Å². The van der Waals surface area contributed by atoms with Crippen LogP contribution in [0.5, 0.6) is 0 Å². The van der Waals surface area contributed by atoms with Gasteiger partial charge in [-0.2, -0.15) is 5.10 Å². The monoisotopic (exact) mass is 393 g/mol. The summed E-state index contributed by atoms with van der Waals surface area (Å²) in [4.78, 5) is 15.1. The van der Waals surface area contributed by atoms with E-state index in [4.69, 9.17) is 5.10 Å². The molecule has 0 aliphatic rings. The van der Waals surface area contributed by atoms with Crippen molar-refractivity contribution in [1.29, 1.82) is 0 Å². The Balaban J connectivity index is 1.62. The molecule has 136 valence electrons. The average molecular weight is 394 g/mol. The topological polar surface area (TPSA) is 46.9 Å². The Bertz CT molecular complexity index is 1010. The van der Waals surface area contributed by atoms with Crippen molar-refractivity contribution in [2.75, 3.05) is 0 Å². The number of benzene rings is 1. The fraction of sp³-hybridized carbons (Fsp3) is 0.143. The third kappa shape index (κ3) is 4.02. The number of thiophene rings is 2. The Morgan fingerprint density at radius 1 is 1.07 bits per heavy atom. The molecule has 27 heavy (non-hydrogen) atoms. The molecule has 3 heterocycles. The summed E-state index contributed by atoms with van der Waals surface area (Å²) in [6.07, 6.45) is 1.85. The lowest BCUT2D eigenvalue weighted by Crippen LogP contribution is -2.26. The molecule has 1 aromatic carbocycles. The van der Waals surface area contributed by atoms with Gasteiger partial charge in [-0.3, -0.25) is 9.48 Å². The number of nitrogens with zero attached hydrogens (tertiary/aromatic N) is 2. The zero-order valence-corrected chi connectivity index (χ0v) is 16.5. The van der Waals surface area contributed by atoms with Gasteiger partial charge in [0, 0.05) is 11.1 Å². The number of carbonyl (C=O) groups excluding carboxylic acids is 1. The Labute approximate surface area is 166 Å². The van der Waals surface area contributed by atoms with Gasteiger partial charge in [0.1, 0.15) is 5.69 Å². The van der Waals surface area contributed by atoms with E-state index in [1.165, 1.54) is 0 Å².